The molecule has 0 saturated carbocycles. The second-order valence-corrected chi connectivity index (χ2v) is 7.39. The van der Waals surface area contributed by atoms with Gasteiger partial charge in [-0.3, -0.25) is 24.0 Å². The lowest BCUT2D eigenvalue weighted by Gasteiger charge is -2.27. The molecule has 0 aliphatic rings. The molecule has 0 spiro atoms. The van der Waals surface area contributed by atoms with Crippen molar-refractivity contribution in [2.24, 2.45) is 5.92 Å². The average molecular weight is 462 g/mol. The molecular formula is C18H30N4O10. The van der Waals surface area contributed by atoms with Crippen molar-refractivity contribution in [2.75, 3.05) is 6.61 Å². The van der Waals surface area contributed by atoms with Gasteiger partial charge < -0.3 is 41.7 Å². The zero-order chi connectivity index (χ0) is 25.2. The van der Waals surface area contributed by atoms with Crippen molar-refractivity contribution in [2.45, 2.75) is 64.4 Å². The number of hydrogen-bond acceptors (Lipinski definition) is 8. The molecule has 0 bridgehead atoms. The number of carboxylic acids is 2. The molecule has 182 valence electrons. The summed E-state index contributed by atoms with van der Waals surface area (Å²) in [6.07, 6.45) is -2.20. The summed E-state index contributed by atoms with van der Waals surface area (Å²) in [6.45, 7) is 4.36. The van der Waals surface area contributed by atoms with E-state index in [0.29, 0.717) is 0 Å². The molecule has 8 N–H and O–H groups in total. The van der Waals surface area contributed by atoms with Gasteiger partial charge in [-0.15, -0.1) is 0 Å². The Morgan fingerprint density at radius 3 is 1.62 bits per heavy atom. The number of aliphatic hydroxyl groups excluding tert-OH is 2. The highest BCUT2D eigenvalue weighted by Crippen LogP contribution is 2.05. The van der Waals surface area contributed by atoms with Crippen LogP contribution in [0.25, 0.3) is 0 Å². The number of rotatable bonds is 13. The van der Waals surface area contributed by atoms with Crippen LogP contribution in [0.3, 0.4) is 0 Å². The number of aliphatic carboxylic acids is 2. The molecule has 0 saturated heterocycles. The van der Waals surface area contributed by atoms with Crippen LogP contribution in [0.1, 0.15) is 34.1 Å². The molecule has 0 heterocycles. The maximum Gasteiger partial charge on any atom is 0.328 e. The molecule has 0 fully saturated rings. The molecule has 0 aliphatic heterocycles. The predicted octanol–water partition coefficient (Wildman–Crippen LogP) is -3.47. The first-order valence-electron chi connectivity index (χ1n) is 9.62. The van der Waals surface area contributed by atoms with Crippen molar-refractivity contribution in [1.82, 2.24) is 21.3 Å². The van der Waals surface area contributed by atoms with Crippen LogP contribution in [-0.2, 0) is 28.8 Å². The van der Waals surface area contributed by atoms with Crippen molar-refractivity contribution in [3.63, 3.8) is 0 Å². The minimum Gasteiger partial charge on any atom is -0.481 e. The fourth-order valence-electron chi connectivity index (χ4n) is 2.52. The fraction of sp³-hybridized carbons (Fsp3) is 0.667. The summed E-state index contributed by atoms with van der Waals surface area (Å²) >= 11 is 0. The molecule has 4 amide bonds. The highest BCUT2D eigenvalue weighted by atomic mass is 16.4. The number of nitrogens with one attached hydrogen (secondary N) is 4. The van der Waals surface area contributed by atoms with Gasteiger partial charge in [0.25, 0.3) is 0 Å². The third-order valence-corrected chi connectivity index (χ3v) is 4.18. The summed E-state index contributed by atoms with van der Waals surface area (Å²) < 4.78 is 0. The maximum absolute atomic E-state index is 12.6. The Labute approximate surface area is 183 Å². The summed E-state index contributed by atoms with van der Waals surface area (Å²) in [5.74, 6) is -7.11. The van der Waals surface area contributed by atoms with Gasteiger partial charge in [0.2, 0.25) is 23.6 Å². The third kappa shape index (κ3) is 9.70. The number of aliphatic hydroxyl groups is 2. The minimum atomic E-state index is -1.69. The van der Waals surface area contributed by atoms with Crippen molar-refractivity contribution >= 4 is 35.6 Å². The summed E-state index contributed by atoms with van der Waals surface area (Å²) in [5, 5.41) is 45.4. The van der Waals surface area contributed by atoms with Gasteiger partial charge in [0.1, 0.15) is 18.1 Å². The number of carboxylic acid groups (broad SMARTS) is 2. The van der Waals surface area contributed by atoms with E-state index >= 15 is 0 Å². The second kappa shape index (κ2) is 13.2. The van der Waals surface area contributed by atoms with E-state index in [-0.39, 0.29) is 0 Å². The monoisotopic (exact) mass is 462 g/mol. The Kier molecular flexibility index (Phi) is 11.9. The first-order chi connectivity index (χ1) is 14.7. The van der Waals surface area contributed by atoms with E-state index in [4.69, 9.17) is 10.2 Å². The van der Waals surface area contributed by atoms with E-state index in [2.05, 4.69) is 16.0 Å². The van der Waals surface area contributed by atoms with Gasteiger partial charge in [0.15, 0.2) is 6.04 Å². The molecule has 0 rings (SSSR count). The highest BCUT2D eigenvalue weighted by molar-refractivity contribution is 5.96. The number of carbonyl (C=O) groups excluding carboxylic acids is 4. The van der Waals surface area contributed by atoms with Crippen LogP contribution < -0.4 is 21.3 Å². The standard InChI is InChI=1S/C18H30N4O10/c1-7(2)13(21-15(28)10(5-12(26)27)19-9(4)25)17(30)20-11(6-23)16(29)22-14(8(3)24)18(31)32/h7-8,10-11,13-14,23-24H,5-6H2,1-4H3,(H,19,25)(H,20,30)(H,21,28)(H,22,29)(H,26,27)(H,31,32)/t8-,10+,11+,13+,14+/m1/s1. The summed E-state index contributed by atoms with van der Waals surface area (Å²) in [5.41, 5.74) is 0. The SMILES string of the molecule is CC(=O)N[C@@H](CC(=O)O)C(=O)N[C@H](C(=O)N[C@@H](CO)C(=O)N[C@H](C(=O)O)[C@@H](C)O)C(C)C. The first kappa shape index (κ1) is 28.7. The number of hydrogen-bond donors (Lipinski definition) is 8. The molecule has 5 atom stereocenters. The summed E-state index contributed by atoms with van der Waals surface area (Å²) in [6, 6.07) is -6.05. The van der Waals surface area contributed by atoms with Crippen LogP contribution in [-0.4, -0.2) is 92.9 Å². The van der Waals surface area contributed by atoms with Crippen molar-refractivity contribution in [3.8, 4) is 0 Å². The van der Waals surface area contributed by atoms with Crippen LogP contribution in [0, 0.1) is 5.92 Å². The minimum absolute atomic E-state index is 0.562. The predicted molar refractivity (Wildman–Crippen MR) is 107 cm³/mol. The van der Waals surface area contributed by atoms with Gasteiger partial charge in [0, 0.05) is 6.92 Å². The van der Waals surface area contributed by atoms with Gasteiger partial charge in [-0.25, -0.2) is 4.79 Å². The molecule has 0 unspecified atom stereocenters. The van der Waals surface area contributed by atoms with Gasteiger partial charge >= 0.3 is 11.9 Å². The lowest BCUT2D eigenvalue weighted by molar-refractivity contribution is -0.145. The lowest BCUT2D eigenvalue weighted by Crippen LogP contribution is -2.60. The molecule has 0 aromatic heterocycles. The Morgan fingerprint density at radius 2 is 1.25 bits per heavy atom. The van der Waals surface area contributed by atoms with Crippen LogP contribution in [0.2, 0.25) is 0 Å². The Morgan fingerprint density at radius 1 is 0.750 bits per heavy atom. The Bertz CT molecular complexity index is 709. The highest BCUT2D eigenvalue weighted by Gasteiger charge is 2.33. The van der Waals surface area contributed by atoms with E-state index in [1.165, 1.54) is 13.8 Å². The van der Waals surface area contributed by atoms with Gasteiger partial charge in [-0.1, -0.05) is 13.8 Å². The normalized spacial score (nSPS) is 15.5. The third-order valence-electron chi connectivity index (χ3n) is 4.18. The van der Waals surface area contributed by atoms with E-state index < -0.39 is 84.8 Å². The smallest absolute Gasteiger partial charge is 0.328 e. The quantitative estimate of drug-likeness (QED) is 0.135. The van der Waals surface area contributed by atoms with E-state index in [0.717, 1.165) is 13.8 Å². The molecule has 0 aromatic rings. The maximum atomic E-state index is 12.6. The number of amides is 4. The second-order valence-electron chi connectivity index (χ2n) is 7.39. The average Bonchev–Trinajstić information content (AvgIpc) is 2.65. The Hall–Kier alpha value is -3.26. The Balaban J connectivity index is 5.40. The van der Waals surface area contributed by atoms with Crippen molar-refractivity contribution < 1.29 is 49.2 Å². The van der Waals surface area contributed by atoms with Crippen molar-refractivity contribution in [3.05, 3.63) is 0 Å². The molecule has 32 heavy (non-hydrogen) atoms. The van der Waals surface area contributed by atoms with E-state index in [1.54, 1.807) is 0 Å². The fourth-order valence-corrected chi connectivity index (χ4v) is 2.52. The van der Waals surface area contributed by atoms with Crippen LogP contribution >= 0.6 is 0 Å². The topological polar surface area (TPSA) is 231 Å². The molecule has 14 heteroatoms. The zero-order valence-electron chi connectivity index (χ0n) is 18.1. The van der Waals surface area contributed by atoms with Crippen LogP contribution in [0.5, 0.6) is 0 Å². The van der Waals surface area contributed by atoms with Crippen molar-refractivity contribution in [1.29, 1.82) is 0 Å². The lowest BCUT2D eigenvalue weighted by atomic mass is 10.0. The van der Waals surface area contributed by atoms with Crippen LogP contribution in [0.15, 0.2) is 0 Å². The molecule has 0 radical (unpaired) electrons. The van der Waals surface area contributed by atoms with Gasteiger partial charge in [0.05, 0.1) is 19.1 Å². The number of carbonyl (C=O) groups is 6. The zero-order valence-corrected chi connectivity index (χ0v) is 18.1. The van der Waals surface area contributed by atoms with Gasteiger partial charge in [-0.05, 0) is 12.8 Å². The largest absolute Gasteiger partial charge is 0.481 e. The summed E-state index contributed by atoms with van der Waals surface area (Å²) in [7, 11) is 0. The molecule has 0 aromatic carbocycles. The molecular weight excluding hydrogens is 432 g/mol. The van der Waals surface area contributed by atoms with Crippen LogP contribution in [0.4, 0.5) is 0 Å². The summed E-state index contributed by atoms with van der Waals surface area (Å²) in [4.78, 5) is 70.6. The van der Waals surface area contributed by atoms with E-state index in [9.17, 15) is 39.0 Å². The van der Waals surface area contributed by atoms with E-state index in [1.807, 2.05) is 5.32 Å². The first-order valence-corrected chi connectivity index (χ1v) is 9.62. The van der Waals surface area contributed by atoms with Gasteiger partial charge in [-0.2, -0.15) is 0 Å². The molecule has 0 aliphatic carbocycles. The molecule has 14 nitrogen and oxygen atoms in total.